The Morgan fingerprint density at radius 3 is 2.59 bits per heavy atom. The van der Waals surface area contributed by atoms with Crippen LogP contribution in [-0.4, -0.2) is 147 Å². The van der Waals surface area contributed by atoms with E-state index in [1.807, 2.05) is 48.9 Å². The first-order valence-electron chi connectivity index (χ1n) is 25.1. The number of cyclic esters (lactones) is 1. The van der Waals surface area contributed by atoms with Crippen LogP contribution in [0.4, 0.5) is 4.79 Å². The molecule has 3 fully saturated rings. The van der Waals surface area contributed by atoms with Crippen molar-refractivity contribution in [1.29, 1.82) is 0 Å². The molecule has 0 radical (unpaired) electrons. The maximum absolute atomic E-state index is 14.8. The van der Waals surface area contributed by atoms with E-state index in [2.05, 4.69) is 72.6 Å². The van der Waals surface area contributed by atoms with Gasteiger partial charge >= 0.3 is 12.0 Å². The standard InChI is InChI=1S/C52H72N10O7S/c1-11-15-34-27-59(48(64)40-25-54-40)26-31(5)62(34)51(67)58(9)45(30(3)4)47(63)56-39-23-43-55-41(28-70-43)33-18-19-42-36(22-33)37(46(60(42)12-2)35-16-13-20-53-44(35)32(6)68-10)24-52(7,8)29-69-50(66)38-17-14-21-61(57-38)49(39)65/h13,16,18-20,22,28,30-32,34,38-40,45,54,57H,11-12,14-15,17,21,23-27,29H2,1-10H3,(H,56,63)/t31?,32-,34?,38-,39-,40-,45?/m0/s1. The molecule has 378 valence electrons. The van der Waals surface area contributed by atoms with Crippen LogP contribution in [-0.2, 0) is 48.0 Å². The van der Waals surface area contributed by atoms with E-state index in [4.69, 9.17) is 19.4 Å². The third-order valence-corrected chi connectivity index (χ3v) is 15.3. The average Bonchev–Trinajstić information content (AvgIpc) is 4.02. The first-order chi connectivity index (χ1) is 33.4. The highest BCUT2D eigenvalue weighted by Gasteiger charge is 2.44. The van der Waals surface area contributed by atoms with Crippen LogP contribution >= 0.6 is 11.3 Å². The topological polar surface area (TPSA) is 193 Å². The fraction of sp³-hybridized carbons (Fsp3) is 0.596. The number of carbonyl (C=O) groups excluding carboxylic acids is 5. The molecule has 1 aromatic carbocycles. The number of esters is 1. The Labute approximate surface area is 416 Å². The van der Waals surface area contributed by atoms with E-state index in [0.29, 0.717) is 63.4 Å². The van der Waals surface area contributed by atoms with Crippen LogP contribution in [0.5, 0.6) is 0 Å². The molecule has 8 rings (SSSR count). The van der Waals surface area contributed by atoms with Gasteiger partial charge in [-0.3, -0.25) is 29.2 Å². The number of pyridine rings is 1. The number of likely N-dealkylation sites (N-methyl/N-ethyl adjacent to an activating group) is 1. The number of ether oxygens (including phenoxy) is 2. The van der Waals surface area contributed by atoms with Gasteiger partial charge in [0.25, 0.3) is 5.91 Å². The van der Waals surface area contributed by atoms with Crippen molar-refractivity contribution in [2.75, 3.05) is 46.9 Å². The van der Waals surface area contributed by atoms with Gasteiger partial charge < -0.3 is 39.4 Å². The van der Waals surface area contributed by atoms with Gasteiger partial charge in [-0.25, -0.2) is 15.2 Å². The first-order valence-corrected chi connectivity index (χ1v) is 26.0. The minimum absolute atomic E-state index is 0.0597. The van der Waals surface area contributed by atoms with E-state index in [9.17, 15) is 24.0 Å². The molecule has 70 heavy (non-hydrogen) atoms. The fourth-order valence-corrected chi connectivity index (χ4v) is 11.6. The third-order valence-electron chi connectivity index (χ3n) is 14.4. The largest absolute Gasteiger partial charge is 0.464 e. The van der Waals surface area contributed by atoms with Gasteiger partial charge in [0.05, 0.1) is 46.9 Å². The number of nitrogens with one attached hydrogen (secondary N) is 3. The number of hydrazine groups is 1. The number of urea groups is 1. The number of aromatic nitrogens is 3. The Bertz CT molecular complexity index is 2590. The van der Waals surface area contributed by atoms with Gasteiger partial charge in [0.2, 0.25) is 11.8 Å². The van der Waals surface area contributed by atoms with Crippen LogP contribution in [0.25, 0.3) is 33.4 Å². The molecule has 3 saturated heterocycles. The molecule has 7 atom stereocenters. The molecule has 4 aliphatic rings. The number of amides is 5. The SMILES string of the molecule is CCCC1CN(C(=O)[C@@H]2CN2)CC(C)N1C(=O)N(C)C(C(=O)N[C@H]1Cc2nc(cs2)-c2ccc3c(c2)c(c(-c2cccnc2[C@H](C)OC)n3CC)CC(C)(C)COC(=O)[C@@H]2CCCN(N2)C1=O)C(C)C. The zero-order chi connectivity index (χ0) is 50.2. The summed E-state index contributed by atoms with van der Waals surface area (Å²) in [6.45, 7) is 18.8. The van der Waals surface area contributed by atoms with Gasteiger partial charge in [0.1, 0.15) is 18.1 Å². The monoisotopic (exact) mass is 981 g/mol. The maximum atomic E-state index is 14.8. The van der Waals surface area contributed by atoms with Gasteiger partial charge in [0, 0.05) is 98.4 Å². The number of thiazole rings is 1. The Balaban J connectivity index is 1.14. The molecular formula is C52H72N10O7S. The molecule has 5 amide bonds. The number of fused-ring (bicyclic) bond motifs is 6. The van der Waals surface area contributed by atoms with Crippen LogP contribution < -0.4 is 16.1 Å². The minimum atomic E-state index is -1.09. The second-order valence-corrected chi connectivity index (χ2v) is 21.7. The number of aryl methyl sites for hydroxylation is 1. The van der Waals surface area contributed by atoms with Crippen LogP contribution in [0.1, 0.15) is 103 Å². The van der Waals surface area contributed by atoms with Crippen molar-refractivity contribution in [3.05, 3.63) is 58.2 Å². The Hall–Kier alpha value is -5.43. The van der Waals surface area contributed by atoms with Gasteiger partial charge in [-0.2, -0.15) is 0 Å². The summed E-state index contributed by atoms with van der Waals surface area (Å²) in [5.74, 6) is -1.61. The Morgan fingerprint density at radius 2 is 1.89 bits per heavy atom. The van der Waals surface area contributed by atoms with Crippen molar-refractivity contribution in [1.82, 2.24) is 50.3 Å². The fourth-order valence-electron chi connectivity index (χ4n) is 10.8. The highest BCUT2D eigenvalue weighted by Crippen LogP contribution is 2.42. The molecule has 4 aromatic rings. The van der Waals surface area contributed by atoms with Crippen LogP contribution in [0.2, 0.25) is 0 Å². The van der Waals surface area contributed by atoms with Crippen molar-refractivity contribution < 1.29 is 33.4 Å². The van der Waals surface area contributed by atoms with Crippen LogP contribution in [0.3, 0.4) is 0 Å². The molecule has 0 saturated carbocycles. The third kappa shape index (κ3) is 10.5. The summed E-state index contributed by atoms with van der Waals surface area (Å²) in [4.78, 5) is 86.4. The van der Waals surface area contributed by atoms with E-state index < -0.39 is 41.3 Å². The summed E-state index contributed by atoms with van der Waals surface area (Å²) in [6.07, 6.45) is 4.71. The summed E-state index contributed by atoms with van der Waals surface area (Å²) in [5.41, 5.74) is 9.30. The van der Waals surface area contributed by atoms with Gasteiger partial charge in [-0.1, -0.05) is 47.1 Å². The highest BCUT2D eigenvalue weighted by atomic mass is 32.1. The Morgan fingerprint density at radius 1 is 1.11 bits per heavy atom. The van der Waals surface area contributed by atoms with E-state index in [1.54, 1.807) is 20.4 Å². The number of rotatable bonds is 11. The summed E-state index contributed by atoms with van der Waals surface area (Å²) < 4.78 is 14.3. The van der Waals surface area contributed by atoms with Crippen molar-refractivity contribution in [3.8, 4) is 22.5 Å². The van der Waals surface area contributed by atoms with Crippen molar-refractivity contribution in [2.24, 2.45) is 11.3 Å². The number of hydrogen-bond donors (Lipinski definition) is 3. The molecule has 17 nitrogen and oxygen atoms in total. The van der Waals surface area contributed by atoms with Crippen LogP contribution in [0.15, 0.2) is 41.9 Å². The van der Waals surface area contributed by atoms with Gasteiger partial charge in [0.15, 0.2) is 0 Å². The molecule has 18 heteroatoms. The van der Waals surface area contributed by atoms with Gasteiger partial charge in [-0.05, 0) is 82.2 Å². The molecule has 3 aromatic heterocycles. The number of benzene rings is 1. The maximum Gasteiger partial charge on any atom is 0.324 e. The normalized spacial score (nSPS) is 23.7. The van der Waals surface area contributed by atoms with Crippen molar-refractivity contribution in [2.45, 2.75) is 143 Å². The number of methoxy groups -OCH3 is 1. The zero-order valence-corrected chi connectivity index (χ0v) is 43.4. The lowest BCUT2D eigenvalue weighted by molar-refractivity contribution is -0.155. The van der Waals surface area contributed by atoms with E-state index in [0.717, 1.165) is 51.1 Å². The molecule has 4 aliphatic heterocycles. The van der Waals surface area contributed by atoms with E-state index in [-0.39, 0.29) is 55.1 Å². The second-order valence-electron chi connectivity index (χ2n) is 20.8. The van der Waals surface area contributed by atoms with Gasteiger partial charge in [-0.15, -0.1) is 11.3 Å². The number of piperazine rings is 1. The lowest BCUT2D eigenvalue weighted by atomic mass is 9.84. The molecule has 7 heterocycles. The van der Waals surface area contributed by atoms with Crippen molar-refractivity contribution >= 4 is 52.0 Å². The summed E-state index contributed by atoms with van der Waals surface area (Å²) >= 11 is 1.42. The quantitative estimate of drug-likeness (QED) is 0.119. The lowest BCUT2D eigenvalue weighted by Gasteiger charge is -2.48. The molecular weight excluding hydrogens is 909 g/mol. The highest BCUT2D eigenvalue weighted by molar-refractivity contribution is 7.10. The molecule has 3 N–H and O–H groups in total. The number of carbonyl (C=O) groups is 5. The van der Waals surface area contributed by atoms with E-state index >= 15 is 0 Å². The molecule has 6 bridgehead atoms. The predicted octanol–water partition coefficient (Wildman–Crippen LogP) is 5.95. The molecule has 0 aliphatic carbocycles. The molecule has 3 unspecified atom stereocenters. The average molecular weight is 981 g/mol. The summed E-state index contributed by atoms with van der Waals surface area (Å²) in [6, 6.07) is 6.66. The first kappa shape index (κ1) is 50.9. The van der Waals surface area contributed by atoms with Crippen LogP contribution in [0, 0.1) is 11.3 Å². The minimum Gasteiger partial charge on any atom is -0.464 e. The smallest absolute Gasteiger partial charge is 0.324 e. The summed E-state index contributed by atoms with van der Waals surface area (Å²) in [5, 5.41) is 11.3. The predicted molar refractivity (Wildman–Crippen MR) is 269 cm³/mol. The molecule has 0 spiro atoms. The number of hydrogen-bond acceptors (Lipinski definition) is 12. The second kappa shape index (κ2) is 21.1. The lowest BCUT2D eigenvalue weighted by Crippen LogP contribution is -2.66. The zero-order valence-electron chi connectivity index (χ0n) is 42.5. The van der Waals surface area contributed by atoms with Crippen molar-refractivity contribution in [3.63, 3.8) is 0 Å². The number of nitrogens with zero attached hydrogens (tertiary/aromatic N) is 7. The van der Waals surface area contributed by atoms with E-state index in [1.165, 1.54) is 21.2 Å². The Kier molecular flexibility index (Phi) is 15.4. The summed E-state index contributed by atoms with van der Waals surface area (Å²) in [7, 11) is 3.33.